The number of aryl methyl sites for hydroxylation is 1. The number of nitrogens with one attached hydrogen (secondary N) is 1. The molecule has 3 aromatic rings. The molecule has 206 valence electrons. The van der Waals surface area contributed by atoms with Gasteiger partial charge in [-0.3, -0.25) is 9.52 Å². The second-order valence-corrected chi connectivity index (χ2v) is 11.0. The normalized spacial score (nSPS) is 17.9. The van der Waals surface area contributed by atoms with Gasteiger partial charge in [0.1, 0.15) is 16.8 Å². The van der Waals surface area contributed by atoms with E-state index in [1.165, 1.54) is 37.3 Å². The first kappa shape index (κ1) is 29.3. The molecule has 0 aromatic heterocycles. The van der Waals surface area contributed by atoms with E-state index in [2.05, 4.69) is 9.88 Å². The lowest BCUT2D eigenvalue weighted by atomic mass is 9.86. The number of carbonyl (C=O) groups is 1. The van der Waals surface area contributed by atoms with E-state index in [4.69, 9.17) is 39.6 Å². The van der Waals surface area contributed by atoms with Gasteiger partial charge in [-0.25, -0.2) is 13.0 Å². The highest BCUT2D eigenvalue weighted by Gasteiger charge is 2.62. The lowest BCUT2D eigenvalue weighted by molar-refractivity contribution is -0.275. The van der Waals surface area contributed by atoms with Crippen molar-refractivity contribution in [2.45, 2.75) is 30.9 Å². The van der Waals surface area contributed by atoms with E-state index in [1.54, 1.807) is 0 Å². The standard InChI is InChI=1S/C25H16Cl3F5N2O3S/c1-12-6-14(3-4-16(12)23(36)35-39(37)11-13-2-5-20(29)17(26)7-13)21-10-24(38-34-21,25(31,32)33)15-8-18(27)22(30)19(28)9-15/h2-9H,10-11H2,1H3,(H,35,36). The Balaban J connectivity index is 1.52. The van der Waals surface area contributed by atoms with Crippen LogP contribution >= 0.6 is 34.8 Å². The minimum absolute atomic E-state index is 0.0873. The van der Waals surface area contributed by atoms with Crippen molar-refractivity contribution in [2.75, 3.05) is 0 Å². The minimum atomic E-state index is -4.98. The third kappa shape index (κ3) is 5.91. The van der Waals surface area contributed by atoms with Crippen LogP contribution < -0.4 is 4.72 Å². The molecule has 0 fully saturated rings. The van der Waals surface area contributed by atoms with E-state index in [-0.39, 0.29) is 27.6 Å². The zero-order valence-corrected chi connectivity index (χ0v) is 22.7. The summed E-state index contributed by atoms with van der Waals surface area (Å²) in [5.74, 6) is -2.53. The van der Waals surface area contributed by atoms with Crippen LogP contribution in [0.1, 0.15) is 39.0 Å². The first-order valence-electron chi connectivity index (χ1n) is 10.9. The van der Waals surface area contributed by atoms with Gasteiger partial charge in [-0.1, -0.05) is 52.1 Å². The molecule has 1 aliphatic rings. The Morgan fingerprint density at radius 3 is 2.31 bits per heavy atom. The summed E-state index contributed by atoms with van der Waals surface area (Å²) in [5.41, 5.74) is -2.44. The largest absolute Gasteiger partial charge is 0.435 e. The average Bonchev–Trinajstić information content (AvgIpc) is 3.31. The van der Waals surface area contributed by atoms with Gasteiger partial charge in [-0.15, -0.1) is 0 Å². The molecule has 5 nitrogen and oxygen atoms in total. The van der Waals surface area contributed by atoms with Gasteiger partial charge in [-0.2, -0.15) is 13.2 Å². The van der Waals surface area contributed by atoms with Gasteiger partial charge in [0.15, 0.2) is 5.82 Å². The van der Waals surface area contributed by atoms with Crippen molar-refractivity contribution in [3.8, 4) is 0 Å². The van der Waals surface area contributed by atoms with E-state index in [0.29, 0.717) is 11.1 Å². The maximum atomic E-state index is 14.2. The van der Waals surface area contributed by atoms with Crippen LogP contribution in [0.25, 0.3) is 0 Å². The highest BCUT2D eigenvalue weighted by atomic mass is 35.5. The molecule has 2 atom stereocenters. The van der Waals surface area contributed by atoms with Crippen LogP contribution in [0.5, 0.6) is 0 Å². The molecule has 0 spiro atoms. The quantitative estimate of drug-likeness (QED) is 0.229. The summed E-state index contributed by atoms with van der Waals surface area (Å²) < 4.78 is 84.6. The van der Waals surface area contributed by atoms with Crippen LogP contribution in [0, 0.1) is 18.6 Å². The molecule has 1 amide bonds. The zero-order chi connectivity index (χ0) is 28.7. The predicted octanol–water partition coefficient (Wildman–Crippen LogP) is 7.41. The lowest BCUT2D eigenvalue weighted by Crippen LogP contribution is -2.42. The number of oxime groups is 1. The summed E-state index contributed by atoms with van der Waals surface area (Å²) in [6, 6.07) is 9.49. The molecule has 39 heavy (non-hydrogen) atoms. The molecule has 0 aliphatic carbocycles. The monoisotopic (exact) mass is 624 g/mol. The van der Waals surface area contributed by atoms with Gasteiger partial charge in [0.2, 0.25) is 0 Å². The topological polar surface area (TPSA) is 67.8 Å². The highest BCUT2D eigenvalue weighted by molar-refractivity contribution is 7.82. The van der Waals surface area contributed by atoms with Crippen molar-refractivity contribution in [1.29, 1.82) is 0 Å². The molecule has 0 bridgehead atoms. The fraction of sp³-hybridized carbons (Fsp3) is 0.200. The van der Waals surface area contributed by atoms with Gasteiger partial charge in [-0.05, 0) is 60.0 Å². The van der Waals surface area contributed by atoms with Crippen molar-refractivity contribution in [3.05, 3.63) is 103 Å². The van der Waals surface area contributed by atoms with Crippen LogP contribution in [0.2, 0.25) is 15.1 Å². The molecule has 0 saturated carbocycles. The number of carbonyl (C=O) groups excluding carboxylic acids is 1. The Bertz CT molecular complexity index is 1510. The summed E-state index contributed by atoms with van der Waals surface area (Å²) in [5, 5.41) is 2.27. The van der Waals surface area contributed by atoms with Crippen molar-refractivity contribution in [1.82, 2.24) is 4.72 Å². The summed E-state index contributed by atoms with van der Waals surface area (Å²) >= 11 is 17.2. The van der Waals surface area contributed by atoms with E-state index < -0.39 is 62.3 Å². The number of amides is 1. The number of hydrogen-bond donors (Lipinski definition) is 1. The first-order chi connectivity index (χ1) is 18.2. The summed E-state index contributed by atoms with van der Waals surface area (Å²) in [6.07, 6.45) is -5.75. The number of hydrogen-bond acceptors (Lipinski definition) is 4. The summed E-state index contributed by atoms with van der Waals surface area (Å²) in [4.78, 5) is 17.6. The smallest absolute Gasteiger partial charge is 0.374 e. The lowest BCUT2D eigenvalue weighted by Gasteiger charge is -2.29. The fourth-order valence-electron chi connectivity index (χ4n) is 3.92. The van der Waals surface area contributed by atoms with Crippen LogP contribution in [0.4, 0.5) is 22.0 Å². The van der Waals surface area contributed by atoms with Gasteiger partial charge >= 0.3 is 6.18 Å². The highest BCUT2D eigenvalue weighted by Crippen LogP contribution is 2.50. The number of nitrogens with zero attached hydrogens (tertiary/aromatic N) is 1. The molecule has 4 rings (SSSR count). The van der Waals surface area contributed by atoms with Crippen LogP contribution in [-0.4, -0.2) is 22.0 Å². The second kappa shape index (κ2) is 11.0. The van der Waals surface area contributed by atoms with E-state index in [0.717, 1.165) is 18.2 Å². The second-order valence-electron chi connectivity index (χ2n) is 8.58. The van der Waals surface area contributed by atoms with E-state index in [1.807, 2.05) is 0 Å². The Morgan fingerprint density at radius 2 is 1.72 bits per heavy atom. The van der Waals surface area contributed by atoms with Gasteiger partial charge in [0, 0.05) is 17.5 Å². The summed E-state index contributed by atoms with van der Waals surface area (Å²) in [6.45, 7) is 1.54. The fourth-order valence-corrected chi connectivity index (χ4v) is 5.48. The van der Waals surface area contributed by atoms with Gasteiger partial charge < -0.3 is 4.84 Å². The molecule has 3 aromatic carbocycles. The first-order valence-corrected chi connectivity index (χ1v) is 13.4. The van der Waals surface area contributed by atoms with Crippen LogP contribution in [0.3, 0.4) is 0 Å². The predicted molar refractivity (Wildman–Crippen MR) is 138 cm³/mol. The maximum Gasteiger partial charge on any atom is 0.435 e. The van der Waals surface area contributed by atoms with Gasteiger partial charge in [0.25, 0.3) is 11.5 Å². The number of halogens is 8. The Labute approximate surface area is 236 Å². The number of alkyl halides is 3. The van der Waals surface area contributed by atoms with Gasteiger partial charge in [0.05, 0.1) is 26.5 Å². The van der Waals surface area contributed by atoms with E-state index in [9.17, 15) is 31.0 Å². The Hall–Kier alpha value is -2.73. The maximum absolute atomic E-state index is 14.2. The molecule has 1 heterocycles. The third-order valence-electron chi connectivity index (χ3n) is 5.93. The Kier molecular flexibility index (Phi) is 8.28. The SMILES string of the molecule is Cc1cc(C2=NOC(c3cc(Cl)c(F)c(Cl)c3)(C(F)(F)F)C2)ccc1C(=O)NS(=O)Cc1ccc(F)c(Cl)c1. The molecule has 14 heteroatoms. The average molecular weight is 626 g/mol. The zero-order valence-electron chi connectivity index (χ0n) is 19.6. The molecular formula is C25H16Cl3F5N2O3S. The molecule has 0 saturated heterocycles. The van der Waals surface area contributed by atoms with Crippen LogP contribution in [0.15, 0.2) is 53.7 Å². The number of rotatable bonds is 6. The minimum Gasteiger partial charge on any atom is -0.374 e. The molecular weight excluding hydrogens is 610 g/mol. The molecule has 1 aliphatic heterocycles. The summed E-state index contributed by atoms with van der Waals surface area (Å²) in [7, 11) is -1.88. The molecule has 0 radical (unpaired) electrons. The third-order valence-corrected chi connectivity index (χ3v) is 7.78. The molecule has 1 N–H and O–H groups in total. The van der Waals surface area contributed by atoms with Crippen molar-refractivity contribution in [2.24, 2.45) is 5.16 Å². The van der Waals surface area contributed by atoms with Crippen molar-refractivity contribution in [3.63, 3.8) is 0 Å². The number of benzene rings is 3. The Morgan fingerprint density at radius 1 is 1.05 bits per heavy atom. The van der Waals surface area contributed by atoms with Crippen molar-refractivity contribution < 1.29 is 35.8 Å². The van der Waals surface area contributed by atoms with Crippen LogP contribution in [-0.2, 0) is 27.2 Å². The van der Waals surface area contributed by atoms with E-state index >= 15 is 0 Å². The molecule has 2 unspecified atom stereocenters. The van der Waals surface area contributed by atoms with Crippen molar-refractivity contribution >= 4 is 57.4 Å².